The number of hydrogen-bond acceptors (Lipinski definition) is 3. The summed E-state index contributed by atoms with van der Waals surface area (Å²) >= 11 is 0. The predicted molar refractivity (Wildman–Crippen MR) is 60.6 cm³/mol. The van der Waals surface area contributed by atoms with E-state index in [1.165, 1.54) is 5.56 Å². The van der Waals surface area contributed by atoms with E-state index in [1.54, 1.807) is 0 Å². The monoisotopic (exact) mass is 211 g/mol. The van der Waals surface area contributed by atoms with Gasteiger partial charge in [-0.15, -0.1) is 0 Å². The van der Waals surface area contributed by atoms with Gasteiger partial charge in [0.15, 0.2) is 0 Å². The lowest BCUT2D eigenvalue weighted by atomic mass is 10.2. The van der Waals surface area contributed by atoms with Gasteiger partial charge in [0.05, 0.1) is 12.3 Å². The molecule has 1 rings (SSSR count). The third kappa shape index (κ3) is 3.32. The van der Waals surface area contributed by atoms with E-state index in [0.717, 1.165) is 12.2 Å². The number of nitrogens with zero attached hydrogens (tertiary/aromatic N) is 3. The van der Waals surface area contributed by atoms with Crippen molar-refractivity contribution >= 4 is 0 Å². The standard InChI is InChI=1S/C11H21N3O/c1-9(2)14(5-6-15)8-11-7-13(4)12-10(11)3/h7,9,15H,5-6,8H2,1-4H3. The van der Waals surface area contributed by atoms with Crippen LogP contribution in [0, 0.1) is 6.92 Å². The van der Waals surface area contributed by atoms with Crippen LogP contribution in [0.4, 0.5) is 0 Å². The molecule has 0 saturated heterocycles. The number of aliphatic hydroxyl groups is 1. The van der Waals surface area contributed by atoms with Crippen LogP contribution < -0.4 is 0 Å². The number of aryl methyl sites for hydroxylation is 2. The van der Waals surface area contributed by atoms with Crippen LogP contribution in [-0.2, 0) is 13.6 Å². The van der Waals surface area contributed by atoms with Gasteiger partial charge >= 0.3 is 0 Å². The van der Waals surface area contributed by atoms with Crippen molar-refractivity contribution in [3.05, 3.63) is 17.5 Å². The van der Waals surface area contributed by atoms with Gasteiger partial charge < -0.3 is 5.11 Å². The highest BCUT2D eigenvalue weighted by Crippen LogP contribution is 2.10. The van der Waals surface area contributed by atoms with Crippen LogP contribution >= 0.6 is 0 Å². The second-order valence-corrected chi connectivity index (χ2v) is 4.20. The van der Waals surface area contributed by atoms with E-state index in [9.17, 15) is 0 Å². The van der Waals surface area contributed by atoms with Crippen molar-refractivity contribution in [1.82, 2.24) is 14.7 Å². The zero-order chi connectivity index (χ0) is 11.4. The molecular weight excluding hydrogens is 190 g/mol. The predicted octanol–water partition coefficient (Wildman–Crippen LogP) is 0.931. The zero-order valence-corrected chi connectivity index (χ0v) is 10.1. The molecule has 15 heavy (non-hydrogen) atoms. The fourth-order valence-corrected chi connectivity index (χ4v) is 1.67. The molecule has 1 aromatic heterocycles. The molecule has 0 aliphatic rings. The molecule has 0 atom stereocenters. The maximum Gasteiger partial charge on any atom is 0.0638 e. The molecular formula is C11H21N3O. The molecule has 0 aliphatic heterocycles. The van der Waals surface area contributed by atoms with E-state index in [1.807, 2.05) is 24.9 Å². The third-order valence-corrected chi connectivity index (χ3v) is 2.61. The highest BCUT2D eigenvalue weighted by Gasteiger charge is 2.12. The van der Waals surface area contributed by atoms with Gasteiger partial charge in [-0.3, -0.25) is 9.58 Å². The largest absolute Gasteiger partial charge is 0.395 e. The van der Waals surface area contributed by atoms with E-state index < -0.39 is 0 Å². The molecule has 1 aromatic rings. The minimum atomic E-state index is 0.206. The van der Waals surface area contributed by atoms with Gasteiger partial charge in [0.25, 0.3) is 0 Å². The number of aliphatic hydroxyl groups excluding tert-OH is 1. The number of hydrogen-bond donors (Lipinski definition) is 1. The van der Waals surface area contributed by atoms with Crippen LogP contribution in [0.1, 0.15) is 25.1 Å². The number of rotatable bonds is 5. The lowest BCUT2D eigenvalue weighted by Gasteiger charge is -2.25. The topological polar surface area (TPSA) is 41.3 Å². The molecule has 1 N–H and O–H groups in total. The Hall–Kier alpha value is -0.870. The van der Waals surface area contributed by atoms with Crippen LogP contribution in [0.2, 0.25) is 0 Å². The highest BCUT2D eigenvalue weighted by molar-refractivity contribution is 5.15. The third-order valence-electron chi connectivity index (χ3n) is 2.61. The average Bonchev–Trinajstić information content (AvgIpc) is 2.44. The first-order chi connectivity index (χ1) is 7.04. The minimum absolute atomic E-state index is 0.206. The summed E-state index contributed by atoms with van der Waals surface area (Å²) in [5, 5.41) is 13.3. The maximum absolute atomic E-state index is 8.98. The van der Waals surface area contributed by atoms with Gasteiger partial charge in [-0.1, -0.05) is 0 Å². The van der Waals surface area contributed by atoms with Crippen molar-refractivity contribution in [2.45, 2.75) is 33.4 Å². The summed E-state index contributed by atoms with van der Waals surface area (Å²) in [5.74, 6) is 0. The zero-order valence-electron chi connectivity index (χ0n) is 10.1. The Morgan fingerprint density at radius 3 is 2.60 bits per heavy atom. The minimum Gasteiger partial charge on any atom is -0.395 e. The summed E-state index contributed by atoms with van der Waals surface area (Å²) in [6, 6.07) is 0.441. The molecule has 0 aromatic carbocycles. The molecule has 0 unspecified atom stereocenters. The highest BCUT2D eigenvalue weighted by atomic mass is 16.3. The van der Waals surface area contributed by atoms with Gasteiger partial charge in [-0.05, 0) is 20.8 Å². The maximum atomic E-state index is 8.98. The SMILES string of the molecule is Cc1nn(C)cc1CN(CCO)C(C)C. The normalized spacial score (nSPS) is 11.7. The first-order valence-electron chi connectivity index (χ1n) is 5.38. The Kier molecular flexibility index (Phi) is 4.29. The summed E-state index contributed by atoms with van der Waals surface area (Å²) < 4.78 is 1.84. The van der Waals surface area contributed by atoms with Crippen molar-refractivity contribution in [2.24, 2.45) is 7.05 Å². The Labute approximate surface area is 91.5 Å². The van der Waals surface area contributed by atoms with Gasteiger partial charge in [-0.2, -0.15) is 5.10 Å². The van der Waals surface area contributed by atoms with E-state index in [0.29, 0.717) is 12.6 Å². The van der Waals surface area contributed by atoms with E-state index in [-0.39, 0.29) is 6.61 Å². The molecule has 0 fully saturated rings. The Balaban J connectivity index is 2.69. The first-order valence-corrected chi connectivity index (χ1v) is 5.38. The lowest BCUT2D eigenvalue weighted by molar-refractivity contribution is 0.159. The van der Waals surface area contributed by atoms with Crippen molar-refractivity contribution in [3.63, 3.8) is 0 Å². The molecule has 0 bridgehead atoms. The number of aromatic nitrogens is 2. The Bertz CT molecular complexity index is 307. The van der Waals surface area contributed by atoms with Crippen molar-refractivity contribution in [3.8, 4) is 0 Å². The van der Waals surface area contributed by atoms with Crippen LogP contribution in [0.25, 0.3) is 0 Å². The Morgan fingerprint density at radius 2 is 2.20 bits per heavy atom. The van der Waals surface area contributed by atoms with Gasteiger partial charge in [0, 0.05) is 37.9 Å². The smallest absolute Gasteiger partial charge is 0.0638 e. The van der Waals surface area contributed by atoms with Crippen molar-refractivity contribution < 1.29 is 5.11 Å². The molecule has 0 radical (unpaired) electrons. The fourth-order valence-electron chi connectivity index (χ4n) is 1.67. The van der Waals surface area contributed by atoms with Crippen molar-refractivity contribution in [1.29, 1.82) is 0 Å². The second kappa shape index (κ2) is 5.28. The molecule has 0 saturated carbocycles. The molecule has 1 heterocycles. The van der Waals surface area contributed by atoms with Gasteiger partial charge in [0.2, 0.25) is 0 Å². The summed E-state index contributed by atoms with van der Waals surface area (Å²) in [6.07, 6.45) is 2.04. The van der Waals surface area contributed by atoms with Crippen molar-refractivity contribution in [2.75, 3.05) is 13.2 Å². The van der Waals surface area contributed by atoms with Crippen LogP contribution in [0.3, 0.4) is 0 Å². The summed E-state index contributed by atoms with van der Waals surface area (Å²) in [5.41, 5.74) is 2.31. The van der Waals surface area contributed by atoms with Gasteiger partial charge in [0.1, 0.15) is 0 Å². The molecule has 0 spiro atoms. The van der Waals surface area contributed by atoms with E-state index in [4.69, 9.17) is 5.11 Å². The summed E-state index contributed by atoms with van der Waals surface area (Å²) in [7, 11) is 1.93. The van der Waals surface area contributed by atoms with E-state index in [2.05, 4.69) is 23.8 Å². The quantitative estimate of drug-likeness (QED) is 0.788. The molecule has 86 valence electrons. The molecule has 4 heteroatoms. The Morgan fingerprint density at radius 1 is 1.53 bits per heavy atom. The molecule has 0 aliphatic carbocycles. The van der Waals surface area contributed by atoms with Gasteiger partial charge in [-0.25, -0.2) is 0 Å². The first kappa shape index (κ1) is 12.2. The molecule has 0 amide bonds. The van der Waals surface area contributed by atoms with Crippen LogP contribution in [0.15, 0.2) is 6.20 Å². The molecule has 4 nitrogen and oxygen atoms in total. The fraction of sp³-hybridized carbons (Fsp3) is 0.727. The summed E-state index contributed by atoms with van der Waals surface area (Å²) in [6.45, 7) is 8.08. The van der Waals surface area contributed by atoms with E-state index >= 15 is 0 Å². The second-order valence-electron chi connectivity index (χ2n) is 4.20. The van der Waals surface area contributed by atoms with Crippen LogP contribution in [-0.4, -0.2) is 39.0 Å². The average molecular weight is 211 g/mol. The summed E-state index contributed by atoms with van der Waals surface area (Å²) in [4.78, 5) is 2.24. The lowest BCUT2D eigenvalue weighted by Crippen LogP contribution is -2.33. The van der Waals surface area contributed by atoms with Crippen LogP contribution in [0.5, 0.6) is 0 Å².